The number of phosphoric acid groups is 1. The second-order valence-electron chi connectivity index (χ2n) is 18.2. The number of allylic oxidation sites excluding steroid dienone is 8. The molecule has 0 aromatic carbocycles. The number of carbonyl (C=O) groups is 1. The van der Waals surface area contributed by atoms with Crippen molar-refractivity contribution in [3.05, 3.63) is 48.6 Å². The van der Waals surface area contributed by atoms with Crippen LogP contribution in [0.2, 0.25) is 0 Å². The molecule has 8 nitrogen and oxygen atoms in total. The molecule has 61 heavy (non-hydrogen) atoms. The van der Waals surface area contributed by atoms with Crippen molar-refractivity contribution < 1.29 is 37.3 Å². The van der Waals surface area contributed by atoms with Gasteiger partial charge in [0.05, 0.1) is 34.4 Å². The summed E-state index contributed by atoms with van der Waals surface area (Å²) in [6.07, 6.45) is 55.6. The van der Waals surface area contributed by atoms with Gasteiger partial charge in [-0.1, -0.05) is 184 Å². The Morgan fingerprint density at radius 1 is 0.508 bits per heavy atom. The van der Waals surface area contributed by atoms with E-state index >= 15 is 0 Å². The number of hydrogen-bond donors (Lipinski definition) is 0. The molecule has 0 aliphatic rings. The minimum Gasteiger partial charge on any atom is -0.756 e. The summed E-state index contributed by atoms with van der Waals surface area (Å²) >= 11 is 0. The fraction of sp³-hybridized carbons (Fsp3) is 0.827. The Balaban J connectivity index is 4.15. The van der Waals surface area contributed by atoms with E-state index in [1.807, 2.05) is 21.1 Å². The summed E-state index contributed by atoms with van der Waals surface area (Å²) in [6.45, 7) is 5.37. The van der Waals surface area contributed by atoms with Crippen LogP contribution in [0.25, 0.3) is 0 Å². The molecule has 0 saturated carbocycles. The molecule has 0 amide bonds. The molecule has 9 heteroatoms. The van der Waals surface area contributed by atoms with E-state index in [9.17, 15) is 14.3 Å². The number of unbranched alkanes of at least 4 members (excludes halogenated alkanes) is 25. The third kappa shape index (κ3) is 49.3. The molecule has 0 saturated heterocycles. The van der Waals surface area contributed by atoms with Gasteiger partial charge < -0.3 is 27.9 Å². The highest BCUT2D eigenvalue weighted by Gasteiger charge is 2.20. The molecule has 2 unspecified atom stereocenters. The molecule has 0 aliphatic carbocycles. The molecule has 0 radical (unpaired) electrons. The lowest BCUT2D eigenvalue weighted by atomic mass is 10.0. The van der Waals surface area contributed by atoms with Crippen molar-refractivity contribution in [3.63, 3.8) is 0 Å². The van der Waals surface area contributed by atoms with Crippen LogP contribution >= 0.6 is 7.82 Å². The van der Waals surface area contributed by atoms with E-state index in [1.54, 1.807) is 0 Å². The Bertz CT molecular complexity index is 1120. The van der Waals surface area contributed by atoms with E-state index in [0.29, 0.717) is 24.1 Å². The Morgan fingerprint density at radius 3 is 1.36 bits per heavy atom. The van der Waals surface area contributed by atoms with Crippen LogP contribution in [0.3, 0.4) is 0 Å². The van der Waals surface area contributed by atoms with Gasteiger partial charge in [-0.25, -0.2) is 0 Å². The quantitative estimate of drug-likeness (QED) is 0.0198. The molecular formula is C52H98NO7P. The maximum Gasteiger partial charge on any atom is 0.306 e. The van der Waals surface area contributed by atoms with Gasteiger partial charge in [0.1, 0.15) is 19.3 Å². The molecule has 0 bridgehead atoms. The van der Waals surface area contributed by atoms with Crippen molar-refractivity contribution >= 4 is 13.8 Å². The SMILES string of the molecule is CCCCC/C=C\C/C=C\CCCCCCCCOCC(COP(=O)([O-])OCC[N+](C)(C)C)OC(=O)CCCCCCCCCCCCC/C=C\C/C=C\CCCCCCC. The van der Waals surface area contributed by atoms with E-state index < -0.39 is 13.9 Å². The summed E-state index contributed by atoms with van der Waals surface area (Å²) in [6, 6.07) is 0. The van der Waals surface area contributed by atoms with Crippen LogP contribution in [0.1, 0.15) is 219 Å². The summed E-state index contributed by atoms with van der Waals surface area (Å²) < 4.78 is 34.7. The largest absolute Gasteiger partial charge is 0.756 e. The van der Waals surface area contributed by atoms with Crippen molar-refractivity contribution in [2.75, 3.05) is 54.1 Å². The topological polar surface area (TPSA) is 94.1 Å². The lowest BCUT2D eigenvalue weighted by Gasteiger charge is -2.28. The number of phosphoric ester groups is 1. The normalized spacial score (nSPS) is 14.0. The fourth-order valence-corrected chi connectivity index (χ4v) is 7.63. The predicted octanol–water partition coefficient (Wildman–Crippen LogP) is 14.9. The predicted molar refractivity (Wildman–Crippen MR) is 259 cm³/mol. The Morgan fingerprint density at radius 2 is 0.902 bits per heavy atom. The molecule has 0 fully saturated rings. The molecule has 0 spiro atoms. The average Bonchev–Trinajstić information content (AvgIpc) is 3.22. The zero-order valence-corrected chi connectivity index (χ0v) is 41.5. The van der Waals surface area contributed by atoms with Crippen molar-refractivity contribution in [2.24, 2.45) is 0 Å². The molecular weight excluding hydrogens is 782 g/mol. The van der Waals surface area contributed by atoms with Crippen LogP contribution in [-0.4, -0.2) is 70.7 Å². The smallest absolute Gasteiger partial charge is 0.306 e. The van der Waals surface area contributed by atoms with Crippen molar-refractivity contribution in [1.29, 1.82) is 0 Å². The molecule has 0 rings (SSSR count). The number of hydrogen-bond acceptors (Lipinski definition) is 7. The number of nitrogens with zero attached hydrogens (tertiary/aromatic N) is 1. The van der Waals surface area contributed by atoms with Gasteiger partial charge in [0.2, 0.25) is 0 Å². The van der Waals surface area contributed by atoms with E-state index in [1.165, 1.54) is 141 Å². The lowest BCUT2D eigenvalue weighted by molar-refractivity contribution is -0.870. The van der Waals surface area contributed by atoms with E-state index in [0.717, 1.165) is 57.8 Å². The molecule has 0 N–H and O–H groups in total. The Kier molecular flexibility index (Phi) is 43.9. The van der Waals surface area contributed by atoms with Crippen LogP contribution in [0.15, 0.2) is 48.6 Å². The first-order chi connectivity index (χ1) is 29.6. The van der Waals surface area contributed by atoms with Gasteiger partial charge in [0, 0.05) is 13.0 Å². The highest BCUT2D eigenvalue weighted by Crippen LogP contribution is 2.38. The molecule has 0 aromatic heterocycles. The van der Waals surface area contributed by atoms with Crippen LogP contribution in [0.4, 0.5) is 0 Å². The average molecular weight is 880 g/mol. The van der Waals surface area contributed by atoms with Gasteiger partial charge in [-0.05, 0) is 77.0 Å². The second-order valence-corrected chi connectivity index (χ2v) is 19.6. The van der Waals surface area contributed by atoms with Crippen LogP contribution < -0.4 is 4.89 Å². The van der Waals surface area contributed by atoms with Crippen molar-refractivity contribution in [3.8, 4) is 0 Å². The molecule has 0 aliphatic heterocycles. The summed E-state index contributed by atoms with van der Waals surface area (Å²) in [5, 5.41) is 0. The summed E-state index contributed by atoms with van der Waals surface area (Å²) in [5.41, 5.74) is 0. The summed E-state index contributed by atoms with van der Waals surface area (Å²) in [7, 11) is 1.35. The minimum atomic E-state index is -4.53. The van der Waals surface area contributed by atoms with Gasteiger partial charge in [-0.2, -0.15) is 0 Å². The maximum absolute atomic E-state index is 12.7. The Hall–Kier alpha value is -1.54. The van der Waals surface area contributed by atoms with Crippen LogP contribution in [0.5, 0.6) is 0 Å². The van der Waals surface area contributed by atoms with Gasteiger partial charge in [0.15, 0.2) is 0 Å². The van der Waals surface area contributed by atoms with Crippen LogP contribution in [-0.2, 0) is 27.9 Å². The lowest BCUT2D eigenvalue weighted by Crippen LogP contribution is -2.37. The number of likely N-dealkylation sites (N-methyl/N-ethyl adjacent to an activating group) is 1. The number of quaternary nitrogens is 1. The Labute approximate surface area is 378 Å². The van der Waals surface area contributed by atoms with Crippen molar-refractivity contribution in [1.82, 2.24) is 0 Å². The maximum atomic E-state index is 12.7. The highest BCUT2D eigenvalue weighted by atomic mass is 31.2. The van der Waals surface area contributed by atoms with Gasteiger partial charge in [0.25, 0.3) is 7.82 Å². The standard InChI is InChI=1S/C52H98NO7P/c1-6-8-10-12-14-16-18-20-22-24-25-26-27-28-29-30-31-33-35-37-39-41-43-45-52(54)60-51(50-59-61(55,56)58-48-46-53(3,4)5)49-57-47-44-42-40-38-36-34-32-23-21-19-17-15-13-11-9-7-2/h15,17-18,20-21,23-25,51H,6-14,16,19,22,26-50H2,1-5H3/b17-15-,20-18-,23-21-,25-24-. The summed E-state index contributed by atoms with van der Waals surface area (Å²) in [5.74, 6) is -0.339. The number of rotatable bonds is 47. The molecule has 0 heterocycles. The van der Waals surface area contributed by atoms with E-state index in [2.05, 4.69) is 62.5 Å². The third-order valence-corrected chi connectivity index (χ3v) is 11.8. The second kappa shape index (κ2) is 45.0. The number of ether oxygens (including phenoxy) is 2. The number of carbonyl (C=O) groups excluding carboxylic acids is 1. The highest BCUT2D eigenvalue weighted by molar-refractivity contribution is 7.45. The molecule has 2 atom stereocenters. The van der Waals surface area contributed by atoms with Gasteiger partial charge in [-0.3, -0.25) is 9.36 Å². The van der Waals surface area contributed by atoms with Crippen LogP contribution in [0, 0.1) is 0 Å². The fourth-order valence-electron chi connectivity index (χ4n) is 6.90. The molecule has 358 valence electrons. The first kappa shape index (κ1) is 59.5. The number of esters is 1. The first-order valence-electron chi connectivity index (χ1n) is 25.4. The zero-order valence-electron chi connectivity index (χ0n) is 40.6. The van der Waals surface area contributed by atoms with Gasteiger partial charge >= 0.3 is 5.97 Å². The first-order valence-corrected chi connectivity index (χ1v) is 26.8. The van der Waals surface area contributed by atoms with Gasteiger partial charge in [-0.15, -0.1) is 0 Å². The monoisotopic (exact) mass is 880 g/mol. The zero-order chi connectivity index (χ0) is 44.8. The summed E-state index contributed by atoms with van der Waals surface area (Å²) in [4.78, 5) is 25.2. The third-order valence-electron chi connectivity index (χ3n) is 10.9. The minimum absolute atomic E-state index is 0.0226. The van der Waals surface area contributed by atoms with E-state index in [4.69, 9.17) is 18.5 Å². The van der Waals surface area contributed by atoms with Crippen molar-refractivity contribution in [2.45, 2.75) is 225 Å². The van der Waals surface area contributed by atoms with E-state index in [-0.39, 0.29) is 25.8 Å². The molecule has 0 aromatic rings.